The van der Waals surface area contributed by atoms with E-state index in [0.717, 1.165) is 11.3 Å². The van der Waals surface area contributed by atoms with E-state index in [1.54, 1.807) is 11.8 Å². The highest BCUT2D eigenvalue weighted by Gasteiger charge is 2.09. The van der Waals surface area contributed by atoms with Gasteiger partial charge in [-0.3, -0.25) is 4.79 Å². The van der Waals surface area contributed by atoms with Gasteiger partial charge in [-0.1, -0.05) is 41.9 Å². The van der Waals surface area contributed by atoms with E-state index in [-0.39, 0.29) is 11.9 Å². The Morgan fingerprint density at radius 3 is 2.48 bits per heavy atom. The molecule has 0 saturated carbocycles. The van der Waals surface area contributed by atoms with E-state index in [1.165, 1.54) is 4.90 Å². The second-order valence-electron chi connectivity index (χ2n) is 4.75. The first-order valence-electron chi connectivity index (χ1n) is 6.88. The van der Waals surface area contributed by atoms with Gasteiger partial charge in [-0.05, 0) is 36.8 Å². The van der Waals surface area contributed by atoms with Gasteiger partial charge in [0.05, 0.1) is 6.04 Å². The average Bonchev–Trinajstić information content (AvgIpc) is 2.49. The highest BCUT2D eigenvalue weighted by atomic mass is 35.5. The highest BCUT2D eigenvalue weighted by molar-refractivity contribution is 7.99. The predicted molar refractivity (Wildman–Crippen MR) is 89.8 cm³/mol. The first-order valence-corrected chi connectivity index (χ1v) is 8.24. The lowest BCUT2D eigenvalue weighted by atomic mass is 10.1. The van der Waals surface area contributed by atoms with Crippen LogP contribution in [0.2, 0.25) is 5.02 Å². The Morgan fingerprint density at radius 2 is 1.81 bits per heavy atom. The van der Waals surface area contributed by atoms with Crippen molar-refractivity contribution < 1.29 is 4.79 Å². The Balaban J connectivity index is 1.75. The van der Waals surface area contributed by atoms with Crippen molar-refractivity contribution in [2.75, 3.05) is 5.75 Å². The molecule has 0 radical (unpaired) electrons. The van der Waals surface area contributed by atoms with E-state index in [1.807, 2.05) is 49.4 Å². The molecule has 0 fully saturated rings. The van der Waals surface area contributed by atoms with Crippen LogP contribution >= 0.6 is 23.4 Å². The van der Waals surface area contributed by atoms with Gasteiger partial charge in [-0.2, -0.15) is 0 Å². The summed E-state index contributed by atoms with van der Waals surface area (Å²) in [5.74, 6) is 0.851. The third-order valence-electron chi connectivity index (χ3n) is 3.09. The maximum atomic E-state index is 11.9. The van der Waals surface area contributed by atoms with Crippen molar-refractivity contribution in [1.82, 2.24) is 5.32 Å². The summed E-state index contributed by atoms with van der Waals surface area (Å²) in [6, 6.07) is 17.7. The van der Waals surface area contributed by atoms with Gasteiger partial charge in [0.15, 0.2) is 0 Å². The molecule has 4 heteroatoms. The smallest absolute Gasteiger partial charge is 0.221 e. The molecule has 1 atom stereocenters. The number of hydrogen-bond acceptors (Lipinski definition) is 2. The summed E-state index contributed by atoms with van der Waals surface area (Å²) in [5, 5.41) is 3.71. The monoisotopic (exact) mass is 319 g/mol. The van der Waals surface area contributed by atoms with Crippen molar-refractivity contribution in [3.63, 3.8) is 0 Å². The minimum absolute atomic E-state index is 0.00325. The van der Waals surface area contributed by atoms with Gasteiger partial charge in [0, 0.05) is 22.1 Å². The van der Waals surface area contributed by atoms with Gasteiger partial charge < -0.3 is 5.32 Å². The van der Waals surface area contributed by atoms with Crippen molar-refractivity contribution in [3.8, 4) is 0 Å². The first-order chi connectivity index (χ1) is 10.1. The van der Waals surface area contributed by atoms with Gasteiger partial charge >= 0.3 is 0 Å². The molecule has 2 nitrogen and oxygen atoms in total. The fraction of sp³-hybridized carbons (Fsp3) is 0.235. The molecule has 110 valence electrons. The van der Waals surface area contributed by atoms with Crippen molar-refractivity contribution in [2.24, 2.45) is 0 Å². The molecule has 2 rings (SSSR count). The molecule has 0 heterocycles. The van der Waals surface area contributed by atoms with E-state index >= 15 is 0 Å². The van der Waals surface area contributed by atoms with Gasteiger partial charge in [0.2, 0.25) is 5.91 Å². The number of hydrogen-bond donors (Lipinski definition) is 1. The maximum absolute atomic E-state index is 11.9. The lowest BCUT2D eigenvalue weighted by Gasteiger charge is -2.14. The van der Waals surface area contributed by atoms with E-state index in [4.69, 9.17) is 11.6 Å². The molecule has 0 aliphatic heterocycles. The van der Waals surface area contributed by atoms with E-state index in [9.17, 15) is 4.79 Å². The summed E-state index contributed by atoms with van der Waals surface area (Å²) >= 11 is 7.55. The first kappa shape index (κ1) is 15.9. The molecule has 0 aliphatic rings. The van der Waals surface area contributed by atoms with Crippen LogP contribution in [0.4, 0.5) is 0 Å². The summed E-state index contributed by atoms with van der Waals surface area (Å²) < 4.78 is 0. The Kier molecular flexibility index (Phi) is 6.15. The van der Waals surface area contributed by atoms with E-state index < -0.39 is 0 Å². The molecule has 0 spiro atoms. The maximum Gasteiger partial charge on any atom is 0.221 e. The molecule has 2 aromatic rings. The lowest BCUT2D eigenvalue weighted by molar-refractivity contribution is -0.121. The van der Waals surface area contributed by atoms with Crippen LogP contribution < -0.4 is 5.32 Å². The second kappa shape index (κ2) is 8.11. The molecule has 1 amide bonds. The predicted octanol–water partition coefficient (Wildman–Crippen LogP) is 4.70. The van der Waals surface area contributed by atoms with Gasteiger partial charge in [0.25, 0.3) is 0 Å². The minimum Gasteiger partial charge on any atom is -0.350 e. The Bertz CT molecular complexity index is 571. The Hall–Kier alpha value is -1.45. The van der Waals surface area contributed by atoms with Crippen molar-refractivity contribution >= 4 is 29.3 Å². The Morgan fingerprint density at radius 1 is 1.14 bits per heavy atom. The van der Waals surface area contributed by atoms with Gasteiger partial charge in [-0.25, -0.2) is 0 Å². The number of rotatable bonds is 6. The molecule has 21 heavy (non-hydrogen) atoms. The summed E-state index contributed by atoms with van der Waals surface area (Å²) in [6.45, 7) is 1.98. The standard InChI is InChI=1S/C17H18ClNOS/c1-13(14-7-9-15(18)10-8-14)19-17(20)11-12-21-16-5-3-2-4-6-16/h2-10,13H,11-12H2,1H3,(H,19,20). The topological polar surface area (TPSA) is 29.1 Å². The normalized spacial score (nSPS) is 11.9. The molecule has 0 bridgehead atoms. The number of carbonyl (C=O) groups is 1. The number of thioether (sulfide) groups is 1. The van der Waals surface area contributed by atoms with Gasteiger partial charge in [-0.15, -0.1) is 11.8 Å². The SMILES string of the molecule is CC(NC(=O)CCSc1ccccc1)c1ccc(Cl)cc1. The van der Waals surface area contributed by atoms with Crippen molar-refractivity contribution in [3.05, 3.63) is 65.2 Å². The van der Waals surface area contributed by atoms with Crippen LogP contribution in [0.5, 0.6) is 0 Å². The number of carbonyl (C=O) groups excluding carboxylic acids is 1. The molecular formula is C17H18ClNOS. The van der Waals surface area contributed by atoms with Crippen molar-refractivity contribution in [1.29, 1.82) is 0 Å². The largest absolute Gasteiger partial charge is 0.350 e. The summed E-state index contributed by atoms with van der Waals surface area (Å²) in [5.41, 5.74) is 1.06. The Labute approximate surface area is 134 Å². The zero-order valence-corrected chi connectivity index (χ0v) is 13.5. The third-order valence-corrected chi connectivity index (χ3v) is 4.35. The zero-order chi connectivity index (χ0) is 15.1. The van der Waals surface area contributed by atoms with Crippen LogP contribution in [0, 0.1) is 0 Å². The van der Waals surface area contributed by atoms with E-state index in [2.05, 4.69) is 17.4 Å². The molecule has 0 saturated heterocycles. The van der Waals surface area contributed by atoms with Crippen LogP contribution in [0.15, 0.2) is 59.5 Å². The van der Waals surface area contributed by atoms with Crippen LogP contribution in [-0.4, -0.2) is 11.7 Å². The molecule has 1 N–H and O–H groups in total. The number of nitrogens with one attached hydrogen (secondary N) is 1. The third kappa shape index (κ3) is 5.44. The molecule has 0 aromatic heterocycles. The van der Waals surface area contributed by atoms with Crippen molar-refractivity contribution in [2.45, 2.75) is 24.3 Å². The lowest BCUT2D eigenvalue weighted by Crippen LogP contribution is -2.26. The number of halogens is 1. The number of benzene rings is 2. The zero-order valence-electron chi connectivity index (χ0n) is 11.9. The second-order valence-corrected chi connectivity index (χ2v) is 6.36. The van der Waals surface area contributed by atoms with E-state index in [0.29, 0.717) is 11.4 Å². The summed E-state index contributed by atoms with van der Waals surface area (Å²) in [6.07, 6.45) is 0.511. The quantitative estimate of drug-likeness (QED) is 0.782. The molecule has 0 aliphatic carbocycles. The van der Waals surface area contributed by atoms with Gasteiger partial charge in [0.1, 0.15) is 0 Å². The summed E-state index contributed by atoms with van der Waals surface area (Å²) in [7, 11) is 0. The molecule has 2 aromatic carbocycles. The molecule has 1 unspecified atom stereocenters. The summed E-state index contributed by atoms with van der Waals surface area (Å²) in [4.78, 5) is 13.1. The van der Waals surface area contributed by atoms with Crippen LogP contribution in [0.1, 0.15) is 24.9 Å². The molecular weight excluding hydrogens is 302 g/mol. The minimum atomic E-state index is -0.00325. The number of amides is 1. The van der Waals surface area contributed by atoms with Crippen LogP contribution in [0.25, 0.3) is 0 Å². The average molecular weight is 320 g/mol. The highest BCUT2D eigenvalue weighted by Crippen LogP contribution is 2.19. The van der Waals surface area contributed by atoms with Crippen LogP contribution in [-0.2, 0) is 4.79 Å². The fourth-order valence-corrected chi connectivity index (χ4v) is 2.93. The fourth-order valence-electron chi connectivity index (χ4n) is 1.93. The van der Waals surface area contributed by atoms with Crippen LogP contribution in [0.3, 0.4) is 0 Å².